The second-order valence-electron chi connectivity index (χ2n) is 8.21. The van der Waals surface area contributed by atoms with Crippen molar-refractivity contribution in [2.75, 3.05) is 18.0 Å². The topological polar surface area (TPSA) is 86.8 Å². The van der Waals surface area contributed by atoms with E-state index in [-0.39, 0.29) is 29.7 Å². The summed E-state index contributed by atoms with van der Waals surface area (Å²) in [5.74, 6) is -1.07. The molecular formula is C23H26FN3O4S. The number of fused-ring (bicyclic) bond motifs is 1. The first-order valence-electron chi connectivity index (χ1n) is 10.7. The third-order valence-corrected chi connectivity index (χ3v) is 7.88. The first kappa shape index (κ1) is 22.4. The van der Waals surface area contributed by atoms with Crippen LogP contribution in [0.5, 0.6) is 0 Å². The van der Waals surface area contributed by atoms with Crippen LogP contribution in [0.1, 0.15) is 37.3 Å². The quantitative estimate of drug-likeness (QED) is 0.745. The van der Waals surface area contributed by atoms with Gasteiger partial charge in [0.05, 0.1) is 4.90 Å². The molecule has 0 unspecified atom stereocenters. The number of anilines is 1. The number of sulfonamides is 1. The Labute approximate surface area is 187 Å². The number of hydrogen-bond acceptors (Lipinski definition) is 4. The van der Waals surface area contributed by atoms with Crippen LogP contribution in [0, 0.1) is 5.82 Å². The Morgan fingerprint density at radius 3 is 2.53 bits per heavy atom. The number of hydrogen-bond donors (Lipinski definition) is 1. The zero-order chi connectivity index (χ0) is 22.9. The molecule has 0 aliphatic carbocycles. The molecule has 1 N–H and O–H groups in total. The molecule has 1 saturated heterocycles. The van der Waals surface area contributed by atoms with Gasteiger partial charge in [-0.1, -0.05) is 18.6 Å². The lowest BCUT2D eigenvalue weighted by atomic mass is 10.1. The smallest absolute Gasteiger partial charge is 0.243 e. The Kier molecular flexibility index (Phi) is 6.30. The molecule has 32 heavy (non-hydrogen) atoms. The van der Waals surface area contributed by atoms with Crippen molar-refractivity contribution in [2.45, 2.75) is 50.1 Å². The van der Waals surface area contributed by atoms with Gasteiger partial charge in [-0.25, -0.2) is 12.8 Å². The van der Waals surface area contributed by atoms with Crippen LogP contribution in [-0.2, 0) is 32.6 Å². The van der Waals surface area contributed by atoms with Crippen molar-refractivity contribution in [2.24, 2.45) is 0 Å². The summed E-state index contributed by atoms with van der Waals surface area (Å²) in [7, 11) is -3.62. The number of rotatable bonds is 5. The van der Waals surface area contributed by atoms with E-state index in [0.717, 1.165) is 19.3 Å². The minimum absolute atomic E-state index is 0.129. The molecule has 2 aliphatic rings. The van der Waals surface area contributed by atoms with Gasteiger partial charge in [-0.2, -0.15) is 4.31 Å². The van der Waals surface area contributed by atoms with E-state index in [4.69, 9.17) is 0 Å². The highest BCUT2D eigenvalue weighted by molar-refractivity contribution is 7.89. The van der Waals surface area contributed by atoms with Gasteiger partial charge in [-0.3, -0.25) is 14.5 Å². The van der Waals surface area contributed by atoms with Crippen molar-refractivity contribution in [3.8, 4) is 0 Å². The molecule has 2 aliphatic heterocycles. The van der Waals surface area contributed by atoms with Crippen LogP contribution in [0.2, 0.25) is 0 Å². The molecule has 1 fully saturated rings. The lowest BCUT2D eigenvalue weighted by Gasteiger charge is -2.26. The summed E-state index contributed by atoms with van der Waals surface area (Å²) in [4.78, 5) is 26.8. The van der Waals surface area contributed by atoms with Crippen molar-refractivity contribution in [1.29, 1.82) is 0 Å². The Morgan fingerprint density at radius 1 is 1.09 bits per heavy atom. The van der Waals surface area contributed by atoms with Gasteiger partial charge in [0, 0.05) is 38.7 Å². The predicted molar refractivity (Wildman–Crippen MR) is 118 cm³/mol. The molecule has 7 nitrogen and oxygen atoms in total. The minimum atomic E-state index is -3.62. The maximum Gasteiger partial charge on any atom is 0.243 e. The zero-order valence-electron chi connectivity index (χ0n) is 17.9. The number of carbonyl (C=O) groups is 2. The van der Waals surface area contributed by atoms with Gasteiger partial charge in [-0.05, 0) is 54.3 Å². The molecule has 0 aromatic heterocycles. The third kappa shape index (κ3) is 4.40. The largest absolute Gasteiger partial charge is 0.350 e. The molecule has 1 atom stereocenters. The van der Waals surface area contributed by atoms with E-state index in [1.54, 1.807) is 24.3 Å². The van der Waals surface area contributed by atoms with Crippen LogP contribution in [0.25, 0.3) is 0 Å². The maximum atomic E-state index is 13.4. The van der Waals surface area contributed by atoms with Crippen LogP contribution < -0.4 is 10.2 Å². The van der Waals surface area contributed by atoms with E-state index in [0.29, 0.717) is 29.9 Å². The number of nitrogens with zero attached hydrogens (tertiary/aromatic N) is 2. The summed E-state index contributed by atoms with van der Waals surface area (Å²) in [5.41, 5.74) is 1.79. The first-order valence-corrected chi connectivity index (χ1v) is 12.2. The van der Waals surface area contributed by atoms with E-state index in [2.05, 4.69) is 5.32 Å². The van der Waals surface area contributed by atoms with Crippen molar-refractivity contribution in [3.63, 3.8) is 0 Å². The molecule has 2 amide bonds. The SMILES string of the molecule is CC(=O)N1c2ccc(S(=O)(=O)N3CCCCC3)cc2C[C@@H]1C(=O)NCc1cccc(F)c1. The predicted octanol–water partition coefficient (Wildman–Crippen LogP) is 2.59. The highest BCUT2D eigenvalue weighted by atomic mass is 32.2. The van der Waals surface area contributed by atoms with Crippen LogP contribution in [0.4, 0.5) is 10.1 Å². The number of benzene rings is 2. The average Bonchev–Trinajstić information content (AvgIpc) is 3.17. The molecule has 9 heteroatoms. The molecule has 0 bridgehead atoms. The Bertz CT molecular complexity index is 1150. The van der Waals surface area contributed by atoms with Gasteiger partial charge in [0.15, 0.2) is 0 Å². The number of carbonyl (C=O) groups excluding carboxylic acids is 2. The molecule has 2 heterocycles. The molecular weight excluding hydrogens is 433 g/mol. The molecule has 170 valence electrons. The van der Waals surface area contributed by atoms with Gasteiger partial charge in [0.1, 0.15) is 11.9 Å². The van der Waals surface area contributed by atoms with Gasteiger partial charge >= 0.3 is 0 Å². The summed E-state index contributed by atoms with van der Waals surface area (Å²) in [6.45, 7) is 2.51. The van der Waals surface area contributed by atoms with Crippen LogP contribution >= 0.6 is 0 Å². The molecule has 2 aromatic rings. The van der Waals surface area contributed by atoms with Crippen LogP contribution in [-0.4, -0.2) is 43.7 Å². The monoisotopic (exact) mass is 459 g/mol. The number of piperidine rings is 1. The normalized spacial score (nSPS) is 18.9. The fourth-order valence-corrected chi connectivity index (χ4v) is 5.96. The summed E-state index contributed by atoms with van der Waals surface area (Å²) in [6.07, 6.45) is 2.93. The Hall–Kier alpha value is -2.78. The molecule has 0 saturated carbocycles. The lowest BCUT2D eigenvalue weighted by Crippen LogP contribution is -2.47. The number of amides is 2. The summed E-state index contributed by atoms with van der Waals surface area (Å²) in [5, 5.41) is 2.76. The van der Waals surface area contributed by atoms with Crippen molar-refractivity contribution in [1.82, 2.24) is 9.62 Å². The van der Waals surface area contributed by atoms with Gasteiger partial charge in [0.2, 0.25) is 21.8 Å². The molecule has 4 rings (SSSR count). The van der Waals surface area contributed by atoms with Crippen LogP contribution in [0.15, 0.2) is 47.4 Å². The second-order valence-corrected chi connectivity index (χ2v) is 10.1. The molecule has 0 radical (unpaired) electrons. The Morgan fingerprint density at radius 2 is 1.84 bits per heavy atom. The van der Waals surface area contributed by atoms with Crippen molar-refractivity contribution in [3.05, 3.63) is 59.4 Å². The maximum absolute atomic E-state index is 13.4. The molecule has 0 spiro atoms. The summed E-state index contributed by atoms with van der Waals surface area (Å²) >= 11 is 0. The fourth-order valence-electron chi connectivity index (χ4n) is 4.40. The highest BCUT2D eigenvalue weighted by Crippen LogP contribution is 2.35. The highest BCUT2D eigenvalue weighted by Gasteiger charge is 2.38. The van der Waals surface area contributed by atoms with E-state index in [1.807, 2.05) is 0 Å². The lowest BCUT2D eigenvalue weighted by molar-refractivity contribution is -0.125. The third-order valence-electron chi connectivity index (χ3n) is 5.99. The van der Waals surface area contributed by atoms with Gasteiger partial charge in [-0.15, -0.1) is 0 Å². The number of nitrogens with one attached hydrogen (secondary N) is 1. The van der Waals surface area contributed by atoms with Crippen molar-refractivity contribution < 1.29 is 22.4 Å². The number of halogens is 1. The summed E-state index contributed by atoms with van der Waals surface area (Å²) < 4.78 is 41.0. The fraction of sp³-hybridized carbons (Fsp3) is 0.391. The van der Waals surface area contributed by atoms with E-state index >= 15 is 0 Å². The molecule has 2 aromatic carbocycles. The van der Waals surface area contributed by atoms with E-state index < -0.39 is 21.9 Å². The Balaban J connectivity index is 1.55. The second kappa shape index (κ2) is 8.99. The van der Waals surface area contributed by atoms with Gasteiger partial charge < -0.3 is 5.32 Å². The average molecular weight is 460 g/mol. The standard InChI is InChI=1S/C23H26FN3O4S/c1-16(28)27-21-9-8-20(32(30,31)26-10-3-2-4-11-26)13-18(21)14-22(27)23(29)25-15-17-6-5-7-19(24)12-17/h5-9,12-13,22H,2-4,10-11,14-15H2,1H3,(H,25,29)/t22-/m1/s1. The minimum Gasteiger partial charge on any atom is -0.350 e. The zero-order valence-corrected chi connectivity index (χ0v) is 18.7. The van der Waals surface area contributed by atoms with Crippen LogP contribution in [0.3, 0.4) is 0 Å². The van der Waals surface area contributed by atoms with Gasteiger partial charge in [0.25, 0.3) is 0 Å². The first-order chi connectivity index (χ1) is 15.3. The summed E-state index contributed by atoms with van der Waals surface area (Å²) in [6, 6.07) is 9.83. The van der Waals surface area contributed by atoms with Crippen molar-refractivity contribution >= 4 is 27.5 Å². The van der Waals surface area contributed by atoms with E-state index in [1.165, 1.54) is 34.3 Å². The van der Waals surface area contributed by atoms with E-state index in [9.17, 15) is 22.4 Å².